The van der Waals surface area contributed by atoms with E-state index < -0.39 is 14.5 Å². The smallest absolute Gasteiger partial charge is 0.496 e. The molecule has 2 aromatic rings. The van der Waals surface area contributed by atoms with Crippen LogP contribution in [0.5, 0.6) is 11.5 Å². The Labute approximate surface area is 131 Å². The van der Waals surface area contributed by atoms with Crippen LogP contribution < -0.4 is 8.85 Å². The van der Waals surface area contributed by atoms with Crippen molar-refractivity contribution in [1.29, 1.82) is 0 Å². The van der Waals surface area contributed by atoms with Crippen LogP contribution in [-0.2, 0) is 9.53 Å². The second kappa shape index (κ2) is 7.47. The maximum atomic E-state index is 11.3. The normalized spacial score (nSPS) is 10.6. The molecule has 0 unspecified atom stereocenters. The van der Waals surface area contributed by atoms with Crippen LogP contribution in [0.15, 0.2) is 73.3 Å². The van der Waals surface area contributed by atoms with Gasteiger partial charge >= 0.3 is 14.5 Å². The molecule has 0 bridgehead atoms. The first kappa shape index (κ1) is 15.8. The van der Waals surface area contributed by atoms with Crippen molar-refractivity contribution in [2.45, 2.75) is 6.55 Å². The van der Waals surface area contributed by atoms with Crippen LogP contribution in [0.4, 0.5) is 0 Å². The van der Waals surface area contributed by atoms with Crippen molar-refractivity contribution < 1.29 is 18.4 Å². The van der Waals surface area contributed by atoms with Gasteiger partial charge in [0.15, 0.2) is 6.23 Å². The van der Waals surface area contributed by atoms with Gasteiger partial charge in [-0.1, -0.05) is 43.0 Å². The van der Waals surface area contributed by atoms with Crippen molar-refractivity contribution in [3.63, 3.8) is 0 Å². The summed E-state index contributed by atoms with van der Waals surface area (Å²) in [5, 5.41) is 0. The number of benzene rings is 2. The molecule has 0 N–H and O–H groups in total. The minimum Gasteiger partial charge on any atom is -0.510 e. The van der Waals surface area contributed by atoms with Crippen LogP contribution in [0.3, 0.4) is 0 Å². The highest BCUT2D eigenvalue weighted by atomic mass is 28.4. The molecular formula is C17H18O4Si. The third-order valence-electron chi connectivity index (χ3n) is 2.80. The molecule has 0 saturated heterocycles. The zero-order valence-electron chi connectivity index (χ0n) is 12.4. The Kier molecular flexibility index (Phi) is 5.38. The van der Waals surface area contributed by atoms with Gasteiger partial charge in [-0.05, 0) is 24.3 Å². The van der Waals surface area contributed by atoms with E-state index in [1.54, 1.807) is 0 Å². The van der Waals surface area contributed by atoms with Crippen LogP contribution in [0.1, 0.15) is 0 Å². The molecule has 5 heteroatoms. The van der Waals surface area contributed by atoms with Crippen LogP contribution in [0.25, 0.3) is 0 Å². The molecule has 0 heterocycles. The van der Waals surface area contributed by atoms with E-state index in [0.29, 0.717) is 11.5 Å². The zero-order valence-corrected chi connectivity index (χ0v) is 13.4. The van der Waals surface area contributed by atoms with Gasteiger partial charge in [0.1, 0.15) is 11.5 Å². The molecule has 0 spiro atoms. The van der Waals surface area contributed by atoms with Crippen molar-refractivity contribution in [3.8, 4) is 11.5 Å². The quantitative estimate of drug-likeness (QED) is 0.446. The number of para-hydroxylation sites is 2. The Morgan fingerprint density at radius 3 is 1.86 bits per heavy atom. The van der Waals surface area contributed by atoms with Crippen LogP contribution in [0.2, 0.25) is 6.55 Å². The first-order chi connectivity index (χ1) is 10.6. The summed E-state index contributed by atoms with van der Waals surface area (Å²) in [6.07, 6.45) is 1.20. The van der Waals surface area contributed by atoms with E-state index in [2.05, 4.69) is 6.58 Å². The van der Waals surface area contributed by atoms with Crippen LogP contribution >= 0.6 is 0 Å². The topological polar surface area (TPSA) is 44.8 Å². The fourth-order valence-corrected chi connectivity index (χ4v) is 3.65. The van der Waals surface area contributed by atoms with Gasteiger partial charge in [-0.15, -0.1) is 0 Å². The van der Waals surface area contributed by atoms with Crippen molar-refractivity contribution in [2.75, 3.05) is 6.23 Å². The first-order valence-corrected chi connectivity index (χ1v) is 9.41. The van der Waals surface area contributed by atoms with Gasteiger partial charge in [-0.25, -0.2) is 4.79 Å². The minimum absolute atomic E-state index is 0.0711. The fourth-order valence-electron chi connectivity index (χ4n) is 1.82. The molecule has 0 amide bonds. The summed E-state index contributed by atoms with van der Waals surface area (Å²) in [5.41, 5.74) is 0. The molecule has 0 aliphatic heterocycles. The predicted molar refractivity (Wildman–Crippen MR) is 86.9 cm³/mol. The minimum atomic E-state index is -2.80. The van der Waals surface area contributed by atoms with Gasteiger partial charge in [0.25, 0.3) is 0 Å². The molecule has 0 aliphatic carbocycles. The lowest BCUT2D eigenvalue weighted by molar-refractivity contribution is -0.136. The lowest BCUT2D eigenvalue weighted by Crippen LogP contribution is -2.50. The molecule has 0 fully saturated rings. The monoisotopic (exact) mass is 314 g/mol. The molecule has 0 saturated carbocycles. The van der Waals surface area contributed by atoms with Crippen molar-refractivity contribution >= 4 is 14.5 Å². The van der Waals surface area contributed by atoms with E-state index in [1.807, 2.05) is 67.2 Å². The molecule has 2 aromatic carbocycles. The fraction of sp³-hybridized carbons (Fsp3) is 0.118. The van der Waals surface area contributed by atoms with E-state index in [0.717, 1.165) is 6.08 Å². The zero-order chi connectivity index (χ0) is 15.8. The lowest BCUT2D eigenvalue weighted by Gasteiger charge is -2.27. The van der Waals surface area contributed by atoms with Crippen molar-refractivity contribution in [1.82, 2.24) is 0 Å². The van der Waals surface area contributed by atoms with Gasteiger partial charge in [0, 0.05) is 12.6 Å². The second-order valence-electron chi connectivity index (χ2n) is 4.78. The third-order valence-corrected chi connectivity index (χ3v) is 4.80. The molecule has 0 radical (unpaired) electrons. The maximum absolute atomic E-state index is 11.3. The Bertz CT molecular complexity index is 572. The maximum Gasteiger partial charge on any atom is 0.496 e. The van der Waals surface area contributed by atoms with Gasteiger partial charge in [-0.2, -0.15) is 0 Å². The summed E-state index contributed by atoms with van der Waals surface area (Å²) >= 11 is 0. The highest BCUT2D eigenvalue weighted by molar-refractivity contribution is 6.67. The van der Waals surface area contributed by atoms with E-state index in [9.17, 15) is 4.79 Å². The van der Waals surface area contributed by atoms with E-state index in [1.165, 1.54) is 0 Å². The largest absolute Gasteiger partial charge is 0.510 e. The average molecular weight is 314 g/mol. The molecule has 4 nitrogen and oxygen atoms in total. The van der Waals surface area contributed by atoms with Crippen molar-refractivity contribution in [2.24, 2.45) is 0 Å². The van der Waals surface area contributed by atoms with Gasteiger partial charge in [-0.3, -0.25) is 0 Å². The number of rotatable bonds is 7. The highest BCUT2D eigenvalue weighted by Gasteiger charge is 2.38. The van der Waals surface area contributed by atoms with Crippen LogP contribution in [-0.4, -0.2) is 20.8 Å². The number of hydrogen-bond donors (Lipinski definition) is 0. The Morgan fingerprint density at radius 1 is 1.00 bits per heavy atom. The number of carbonyl (C=O) groups excluding carboxylic acids is 1. The first-order valence-electron chi connectivity index (χ1n) is 6.89. The Balaban J connectivity index is 2.15. The molecule has 0 atom stereocenters. The lowest BCUT2D eigenvalue weighted by atomic mass is 10.3. The van der Waals surface area contributed by atoms with Gasteiger partial charge in [0.05, 0.1) is 0 Å². The molecule has 0 aliphatic rings. The van der Waals surface area contributed by atoms with E-state index >= 15 is 0 Å². The number of esters is 1. The summed E-state index contributed by atoms with van der Waals surface area (Å²) in [5.74, 6) is 0.872. The second-order valence-corrected chi connectivity index (χ2v) is 7.74. The van der Waals surface area contributed by atoms with Gasteiger partial charge in [0.2, 0.25) is 0 Å². The molecule has 0 aromatic heterocycles. The third kappa shape index (κ3) is 4.78. The summed E-state index contributed by atoms with van der Waals surface area (Å²) in [6, 6.07) is 18.7. The predicted octanol–water partition coefficient (Wildman–Crippen LogP) is 3.48. The summed E-state index contributed by atoms with van der Waals surface area (Å²) < 4.78 is 17.2. The van der Waals surface area contributed by atoms with E-state index in [4.69, 9.17) is 13.6 Å². The Morgan fingerprint density at radius 2 is 1.45 bits per heavy atom. The summed E-state index contributed by atoms with van der Waals surface area (Å²) in [7, 11) is -2.80. The average Bonchev–Trinajstić information content (AvgIpc) is 2.54. The molecule has 2 rings (SSSR count). The summed E-state index contributed by atoms with van der Waals surface area (Å²) in [6.45, 7) is 5.24. The number of carbonyl (C=O) groups is 1. The van der Waals surface area contributed by atoms with Crippen LogP contribution in [0, 0.1) is 0 Å². The van der Waals surface area contributed by atoms with E-state index in [-0.39, 0.29) is 6.23 Å². The van der Waals surface area contributed by atoms with Crippen molar-refractivity contribution in [3.05, 3.63) is 73.3 Å². The molecule has 114 valence electrons. The number of ether oxygens (including phenoxy) is 1. The van der Waals surface area contributed by atoms with Gasteiger partial charge < -0.3 is 13.6 Å². The SMILES string of the molecule is C=CC(=O)OC[Si](C)(Oc1ccccc1)Oc1ccccc1. The molecular weight excluding hydrogens is 296 g/mol. The highest BCUT2D eigenvalue weighted by Crippen LogP contribution is 2.20. The number of hydrogen-bond acceptors (Lipinski definition) is 4. The summed E-state index contributed by atoms with van der Waals surface area (Å²) in [4.78, 5) is 11.3. The molecule has 22 heavy (non-hydrogen) atoms. The Hall–Kier alpha value is -2.53. The standard InChI is InChI=1S/C17H18O4Si/c1-3-17(18)19-14-22(2,20-15-10-6-4-7-11-15)21-16-12-8-5-9-13-16/h3-13H,1,14H2,2H3.